The van der Waals surface area contributed by atoms with Gasteiger partial charge in [-0.3, -0.25) is 0 Å². The summed E-state index contributed by atoms with van der Waals surface area (Å²) in [6.07, 6.45) is 2.37. The lowest BCUT2D eigenvalue weighted by Gasteiger charge is -2.40. The minimum atomic E-state index is -0.250. The van der Waals surface area contributed by atoms with Crippen LogP contribution >= 0.6 is 15.9 Å². The Bertz CT molecular complexity index is 422. The molecule has 2 atom stereocenters. The molecule has 1 aromatic rings. The van der Waals surface area contributed by atoms with Crippen molar-refractivity contribution in [3.63, 3.8) is 0 Å². The van der Waals surface area contributed by atoms with Crippen LogP contribution in [0, 0.1) is 11.7 Å². The van der Waals surface area contributed by atoms with Gasteiger partial charge >= 0.3 is 0 Å². The van der Waals surface area contributed by atoms with E-state index in [2.05, 4.69) is 34.7 Å². The van der Waals surface area contributed by atoms with Gasteiger partial charge < -0.3 is 10.6 Å². The summed E-state index contributed by atoms with van der Waals surface area (Å²) in [6.45, 7) is 5.38. The predicted octanol–water partition coefficient (Wildman–Crippen LogP) is 3.80. The molecular formula is C13H18BrFN2. The minimum absolute atomic E-state index is 0.250. The van der Waals surface area contributed by atoms with Crippen LogP contribution in [0.1, 0.15) is 26.7 Å². The molecule has 1 heterocycles. The van der Waals surface area contributed by atoms with E-state index in [0.717, 1.165) is 18.7 Å². The number of anilines is 2. The summed E-state index contributed by atoms with van der Waals surface area (Å²) in [7, 11) is 0. The van der Waals surface area contributed by atoms with Crippen LogP contribution < -0.4 is 10.6 Å². The van der Waals surface area contributed by atoms with E-state index in [4.69, 9.17) is 5.73 Å². The first-order valence-electron chi connectivity index (χ1n) is 6.02. The third-order valence-corrected chi connectivity index (χ3v) is 4.36. The highest BCUT2D eigenvalue weighted by molar-refractivity contribution is 9.10. The molecule has 0 amide bonds. The molecule has 2 unspecified atom stereocenters. The summed E-state index contributed by atoms with van der Waals surface area (Å²) >= 11 is 3.16. The summed E-state index contributed by atoms with van der Waals surface area (Å²) < 4.78 is 14.0. The van der Waals surface area contributed by atoms with Crippen molar-refractivity contribution in [3.8, 4) is 0 Å². The van der Waals surface area contributed by atoms with Gasteiger partial charge in [-0.25, -0.2) is 4.39 Å². The van der Waals surface area contributed by atoms with Gasteiger partial charge in [0.25, 0.3) is 0 Å². The van der Waals surface area contributed by atoms with Gasteiger partial charge in [-0.05, 0) is 47.7 Å². The Hall–Kier alpha value is -0.770. The van der Waals surface area contributed by atoms with E-state index in [1.54, 1.807) is 6.07 Å². The molecule has 17 heavy (non-hydrogen) atoms. The monoisotopic (exact) mass is 300 g/mol. The van der Waals surface area contributed by atoms with Gasteiger partial charge in [0, 0.05) is 18.7 Å². The third kappa shape index (κ3) is 2.41. The first kappa shape index (κ1) is 12.7. The molecular weight excluding hydrogens is 283 g/mol. The van der Waals surface area contributed by atoms with Crippen molar-refractivity contribution in [2.75, 3.05) is 17.2 Å². The molecule has 1 aromatic carbocycles. The number of nitrogen functional groups attached to an aromatic ring is 1. The maximum absolute atomic E-state index is 13.6. The molecule has 1 aliphatic heterocycles. The molecule has 4 heteroatoms. The van der Waals surface area contributed by atoms with Crippen molar-refractivity contribution in [2.24, 2.45) is 5.92 Å². The van der Waals surface area contributed by atoms with Crippen LogP contribution in [0.15, 0.2) is 16.6 Å². The molecule has 0 aliphatic carbocycles. The third-order valence-electron chi connectivity index (χ3n) is 3.75. The first-order chi connectivity index (χ1) is 8.00. The number of rotatable bonds is 1. The number of benzene rings is 1. The first-order valence-corrected chi connectivity index (χ1v) is 6.81. The molecule has 2 N–H and O–H groups in total. The Labute approximate surface area is 110 Å². The zero-order valence-electron chi connectivity index (χ0n) is 10.2. The standard InChI is InChI=1S/C13H18BrFN2/c1-8-4-3-5-17(9(8)2)13-7-11(15)10(14)6-12(13)16/h6-9H,3-5,16H2,1-2H3. The predicted molar refractivity (Wildman–Crippen MR) is 73.7 cm³/mol. The Kier molecular flexibility index (Phi) is 3.61. The Balaban J connectivity index is 2.36. The van der Waals surface area contributed by atoms with E-state index in [1.165, 1.54) is 12.5 Å². The number of halogens is 2. The highest BCUT2D eigenvalue weighted by atomic mass is 79.9. The van der Waals surface area contributed by atoms with Gasteiger partial charge in [-0.1, -0.05) is 6.92 Å². The van der Waals surface area contributed by atoms with E-state index in [1.807, 2.05) is 0 Å². The van der Waals surface area contributed by atoms with Crippen molar-refractivity contribution in [1.82, 2.24) is 0 Å². The lowest BCUT2D eigenvalue weighted by atomic mass is 9.91. The Morgan fingerprint density at radius 1 is 1.41 bits per heavy atom. The lowest BCUT2D eigenvalue weighted by molar-refractivity contribution is 0.363. The number of hydrogen-bond donors (Lipinski definition) is 1. The fourth-order valence-corrected chi connectivity index (χ4v) is 2.84. The summed E-state index contributed by atoms with van der Waals surface area (Å²) in [6, 6.07) is 3.59. The van der Waals surface area contributed by atoms with Crippen molar-refractivity contribution >= 4 is 27.3 Å². The van der Waals surface area contributed by atoms with Gasteiger partial charge in [-0.2, -0.15) is 0 Å². The second-order valence-electron chi connectivity index (χ2n) is 4.88. The highest BCUT2D eigenvalue weighted by Crippen LogP contribution is 2.34. The maximum Gasteiger partial charge on any atom is 0.139 e. The molecule has 0 bridgehead atoms. The van der Waals surface area contributed by atoms with Crippen LogP contribution in [0.25, 0.3) is 0 Å². The number of nitrogens with zero attached hydrogens (tertiary/aromatic N) is 1. The van der Waals surface area contributed by atoms with E-state index in [-0.39, 0.29) is 5.82 Å². The van der Waals surface area contributed by atoms with Crippen LogP contribution in [0.3, 0.4) is 0 Å². The summed E-state index contributed by atoms with van der Waals surface area (Å²) in [4.78, 5) is 2.22. The van der Waals surface area contributed by atoms with Gasteiger partial charge in [-0.15, -0.1) is 0 Å². The lowest BCUT2D eigenvalue weighted by Crippen LogP contribution is -2.42. The number of hydrogen-bond acceptors (Lipinski definition) is 2. The van der Waals surface area contributed by atoms with Crippen molar-refractivity contribution in [2.45, 2.75) is 32.7 Å². The molecule has 0 aromatic heterocycles. The molecule has 0 saturated carbocycles. The molecule has 2 nitrogen and oxygen atoms in total. The molecule has 1 aliphatic rings. The average Bonchev–Trinajstić information content (AvgIpc) is 2.28. The fraction of sp³-hybridized carbons (Fsp3) is 0.538. The van der Waals surface area contributed by atoms with Gasteiger partial charge in [0.2, 0.25) is 0 Å². The molecule has 0 spiro atoms. The summed E-state index contributed by atoms with van der Waals surface area (Å²) in [5, 5.41) is 0. The number of nitrogens with two attached hydrogens (primary N) is 1. The largest absolute Gasteiger partial charge is 0.397 e. The summed E-state index contributed by atoms with van der Waals surface area (Å²) in [5.41, 5.74) is 7.45. The fourth-order valence-electron chi connectivity index (χ4n) is 2.48. The van der Waals surface area contributed by atoms with E-state index in [9.17, 15) is 4.39 Å². The van der Waals surface area contributed by atoms with Crippen LogP contribution in [0.2, 0.25) is 0 Å². The summed E-state index contributed by atoms with van der Waals surface area (Å²) in [5.74, 6) is 0.370. The van der Waals surface area contributed by atoms with Crippen LogP contribution in [-0.2, 0) is 0 Å². The second kappa shape index (κ2) is 4.84. The van der Waals surface area contributed by atoms with Gasteiger partial charge in [0.05, 0.1) is 15.8 Å². The van der Waals surface area contributed by atoms with Crippen LogP contribution in [0.4, 0.5) is 15.8 Å². The second-order valence-corrected chi connectivity index (χ2v) is 5.73. The smallest absolute Gasteiger partial charge is 0.139 e. The minimum Gasteiger partial charge on any atom is -0.397 e. The Morgan fingerprint density at radius 2 is 2.12 bits per heavy atom. The van der Waals surface area contributed by atoms with E-state index in [0.29, 0.717) is 22.1 Å². The normalized spacial score (nSPS) is 25.1. The molecule has 94 valence electrons. The Morgan fingerprint density at radius 3 is 2.82 bits per heavy atom. The van der Waals surface area contributed by atoms with E-state index < -0.39 is 0 Å². The molecule has 2 rings (SSSR count). The van der Waals surface area contributed by atoms with E-state index >= 15 is 0 Å². The average molecular weight is 301 g/mol. The molecule has 1 saturated heterocycles. The SMILES string of the molecule is CC1CCCN(c2cc(F)c(Br)cc2N)C1C. The quantitative estimate of drug-likeness (QED) is 0.800. The van der Waals surface area contributed by atoms with Crippen LogP contribution in [-0.4, -0.2) is 12.6 Å². The van der Waals surface area contributed by atoms with Gasteiger partial charge in [0.15, 0.2) is 0 Å². The highest BCUT2D eigenvalue weighted by Gasteiger charge is 2.26. The van der Waals surface area contributed by atoms with Crippen molar-refractivity contribution in [1.29, 1.82) is 0 Å². The van der Waals surface area contributed by atoms with Crippen molar-refractivity contribution < 1.29 is 4.39 Å². The molecule has 1 fully saturated rings. The zero-order valence-corrected chi connectivity index (χ0v) is 11.8. The van der Waals surface area contributed by atoms with Crippen LogP contribution in [0.5, 0.6) is 0 Å². The zero-order chi connectivity index (χ0) is 12.6. The van der Waals surface area contributed by atoms with Gasteiger partial charge in [0.1, 0.15) is 5.82 Å². The maximum atomic E-state index is 13.6. The van der Waals surface area contributed by atoms with Crippen molar-refractivity contribution in [3.05, 3.63) is 22.4 Å². The molecule has 0 radical (unpaired) electrons. The number of piperidine rings is 1. The topological polar surface area (TPSA) is 29.3 Å².